The number of carbonyl (C=O) groups excluding carboxylic acids is 1. The largest absolute Gasteiger partial charge is 0.493 e. The molecule has 0 unspecified atom stereocenters. The minimum Gasteiger partial charge on any atom is -0.493 e. The monoisotopic (exact) mass is 448 g/mol. The molecule has 0 aliphatic carbocycles. The van der Waals surface area contributed by atoms with Crippen molar-refractivity contribution in [2.24, 2.45) is 0 Å². The van der Waals surface area contributed by atoms with E-state index in [4.69, 9.17) is 9.15 Å². The number of allylic oxidation sites excluding steroid dienone is 1. The van der Waals surface area contributed by atoms with Crippen molar-refractivity contribution in [1.29, 1.82) is 0 Å². The van der Waals surface area contributed by atoms with Gasteiger partial charge in [-0.2, -0.15) is 0 Å². The molecule has 164 valence electrons. The van der Waals surface area contributed by atoms with E-state index in [2.05, 4.69) is 29.0 Å². The van der Waals surface area contributed by atoms with Crippen LogP contribution < -0.4 is 10.1 Å². The summed E-state index contributed by atoms with van der Waals surface area (Å²) in [6.07, 6.45) is 2.72. The summed E-state index contributed by atoms with van der Waals surface area (Å²) in [7, 11) is 1.61. The lowest BCUT2D eigenvalue weighted by molar-refractivity contribution is -0.113. The maximum atomic E-state index is 12.4. The molecule has 0 bridgehead atoms. The lowest BCUT2D eigenvalue weighted by Gasteiger charge is -2.07. The third-order valence-corrected chi connectivity index (χ3v) is 5.92. The van der Waals surface area contributed by atoms with Crippen LogP contribution in [0.5, 0.6) is 5.75 Å². The summed E-state index contributed by atoms with van der Waals surface area (Å²) < 4.78 is 13.3. The first-order valence-corrected chi connectivity index (χ1v) is 11.2. The van der Waals surface area contributed by atoms with Gasteiger partial charge in [0, 0.05) is 17.6 Å². The van der Waals surface area contributed by atoms with Crippen LogP contribution in [0.25, 0.3) is 22.6 Å². The number of carbonyl (C=O) groups is 1. The van der Waals surface area contributed by atoms with Crippen molar-refractivity contribution in [3.63, 3.8) is 0 Å². The van der Waals surface area contributed by atoms with Crippen LogP contribution in [0, 0.1) is 0 Å². The SMILES string of the molecule is C=CCn1c(SCC(=O)Nc2ccc(CC)cc2)nnc1-c1cc2cccc(OC)c2o1. The first-order chi connectivity index (χ1) is 15.6. The van der Waals surface area contributed by atoms with Crippen molar-refractivity contribution in [1.82, 2.24) is 14.8 Å². The molecule has 1 N–H and O–H groups in total. The molecule has 0 saturated heterocycles. The highest BCUT2D eigenvalue weighted by Crippen LogP contribution is 2.33. The van der Waals surface area contributed by atoms with E-state index in [0.717, 1.165) is 17.5 Å². The smallest absolute Gasteiger partial charge is 0.234 e. The number of nitrogens with one attached hydrogen (secondary N) is 1. The van der Waals surface area contributed by atoms with Gasteiger partial charge in [0.1, 0.15) is 0 Å². The van der Waals surface area contributed by atoms with Gasteiger partial charge in [-0.25, -0.2) is 0 Å². The summed E-state index contributed by atoms with van der Waals surface area (Å²) in [5, 5.41) is 13.0. The Kier molecular flexibility index (Phi) is 6.61. The number of thioether (sulfide) groups is 1. The lowest BCUT2D eigenvalue weighted by Crippen LogP contribution is -2.14. The summed E-state index contributed by atoms with van der Waals surface area (Å²) in [4.78, 5) is 12.4. The number of benzene rings is 2. The Balaban J connectivity index is 1.51. The van der Waals surface area contributed by atoms with E-state index in [0.29, 0.717) is 34.6 Å². The summed E-state index contributed by atoms with van der Waals surface area (Å²) in [6, 6.07) is 15.5. The fraction of sp³-hybridized carbons (Fsp3) is 0.208. The number of rotatable bonds is 9. The van der Waals surface area contributed by atoms with E-state index in [-0.39, 0.29) is 11.7 Å². The Labute approximate surface area is 190 Å². The second-order valence-corrected chi connectivity index (χ2v) is 8.02. The standard InChI is InChI=1S/C24H24N4O3S/c1-4-13-28-23(20-14-17-7-6-8-19(30-3)22(17)31-20)26-27-24(28)32-15-21(29)25-18-11-9-16(5-2)10-12-18/h4,6-12,14H,1,5,13,15H2,2-3H3,(H,25,29). The Morgan fingerprint density at radius 3 is 2.78 bits per heavy atom. The predicted molar refractivity (Wildman–Crippen MR) is 127 cm³/mol. The molecule has 2 heterocycles. The van der Waals surface area contributed by atoms with Gasteiger partial charge >= 0.3 is 0 Å². The number of furan rings is 1. The van der Waals surface area contributed by atoms with Gasteiger partial charge in [0.05, 0.1) is 12.9 Å². The molecule has 4 rings (SSSR count). The van der Waals surface area contributed by atoms with Gasteiger partial charge in [-0.05, 0) is 36.2 Å². The van der Waals surface area contributed by atoms with Crippen LogP contribution in [0.3, 0.4) is 0 Å². The first kappa shape index (κ1) is 21.7. The maximum absolute atomic E-state index is 12.4. The molecule has 4 aromatic rings. The third kappa shape index (κ3) is 4.55. The average molecular weight is 449 g/mol. The zero-order valence-electron chi connectivity index (χ0n) is 18.0. The summed E-state index contributed by atoms with van der Waals surface area (Å²) >= 11 is 1.32. The molecular weight excluding hydrogens is 424 g/mol. The molecule has 2 aromatic carbocycles. The number of aryl methyl sites for hydroxylation is 1. The number of para-hydroxylation sites is 1. The zero-order chi connectivity index (χ0) is 22.5. The minimum atomic E-state index is -0.109. The molecule has 0 aliphatic rings. The van der Waals surface area contributed by atoms with Crippen LogP contribution in [0.4, 0.5) is 5.69 Å². The lowest BCUT2D eigenvalue weighted by atomic mass is 10.1. The molecule has 2 aromatic heterocycles. The maximum Gasteiger partial charge on any atom is 0.234 e. The highest BCUT2D eigenvalue weighted by atomic mass is 32.2. The van der Waals surface area contributed by atoms with E-state index in [1.54, 1.807) is 13.2 Å². The molecule has 0 saturated carbocycles. The van der Waals surface area contributed by atoms with Crippen molar-refractivity contribution >= 4 is 34.3 Å². The van der Waals surface area contributed by atoms with Gasteiger partial charge in [0.15, 0.2) is 22.2 Å². The summed E-state index contributed by atoms with van der Waals surface area (Å²) in [5.41, 5.74) is 2.66. The van der Waals surface area contributed by atoms with Crippen LogP contribution in [0.2, 0.25) is 0 Å². The number of anilines is 1. The Hall–Kier alpha value is -3.52. The van der Waals surface area contributed by atoms with Gasteiger partial charge in [-0.3, -0.25) is 9.36 Å². The average Bonchev–Trinajstić information content (AvgIpc) is 3.42. The molecule has 0 radical (unpaired) electrons. The molecule has 0 fully saturated rings. The molecule has 7 nitrogen and oxygen atoms in total. The molecule has 0 aliphatic heterocycles. The number of hydrogen-bond donors (Lipinski definition) is 1. The number of hydrogen-bond acceptors (Lipinski definition) is 6. The van der Waals surface area contributed by atoms with Crippen LogP contribution in [0.1, 0.15) is 12.5 Å². The topological polar surface area (TPSA) is 82.2 Å². The molecule has 32 heavy (non-hydrogen) atoms. The third-order valence-electron chi connectivity index (χ3n) is 4.96. The van der Waals surface area contributed by atoms with Crippen molar-refractivity contribution < 1.29 is 13.9 Å². The van der Waals surface area contributed by atoms with Crippen molar-refractivity contribution in [2.75, 3.05) is 18.2 Å². The fourth-order valence-electron chi connectivity index (χ4n) is 3.33. The van der Waals surface area contributed by atoms with Gasteiger partial charge in [-0.1, -0.05) is 49.0 Å². The van der Waals surface area contributed by atoms with E-state index in [9.17, 15) is 4.79 Å². The minimum absolute atomic E-state index is 0.109. The molecular formula is C24H24N4O3S. The van der Waals surface area contributed by atoms with Gasteiger partial charge < -0.3 is 14.5 Å². The number of aromatic nitrogens is 3. The summed E-state index contributed by atoms with van der Waals surface area (Å²) in [6.45, 7) is 6.41. The van der Waals surface area contributed by atoms with E-state index < -0.39 is 0 Å². The van der Waals surface area contributed by atoms with E-state index in [1.807, 2.05) is 53.1 Å². The number of amides is 1. The Bertz CT molecular complexity index is 1240. The van der Waals surface area contributed by atoms with Crippen molar-refractivity contribution in [2.45, 2.75) is 25.0 Å². The first-order valence-electron chi connectivity index (χ1n) is 10.3. The van der Waals surface area contributed by atoms with Crippen LogP contribution in [-0.4, -0.2) is 33.5 Å². The number of ether oxygens (including phenoxy) is 1. The van der Waals surface area contributed by atoms with Crippen molar-refractivity contribution in [3.05, 3.63) is 66.7 Å². The molecule has 0 spiro atoms. The predicted octanol–water partition coefficient (Wildman–Crippen LogP) is 5.18. The second-order valence-electron chi connectivity index (χ2n) is 7.08. The molecule has 0 atom stereocenters. The fourth-order valence-corrected chi connectivity index (χ4v) is 4.08. The molecule has 1 amide bonds. The highest BCUT2D eigenvalue weighted by Gasteiger charge is 2.19. The normalized spacial score (nSPS) is 10.9. The van der Waals surface area contributed by atoms with E-state index >= 15 is 0 Å². The second kappa shape index (κ2) is 9.74. The van der Waals surface area contributed by atoms with Gasteiger partial charge in [0.2, 0.25) is 11.7 Å². The quantitative estimate of drug-likeness (QED) is 0.281. The zero-order valence-corrected chi connectivity index (χ0v) is 18.8. The van der Waals surface area contributed by atoms with Crippen LogP contribution >= 0.6 is 11.8 Å². The number of nitrogens with zero attached hydrogens (tertiary/aromatic N) is 3. The Morgan fingerprint density at radius 2 is 2.06 bits per heavy atom. The number of methoxy groups -OCH3 is 1. The van der Waals surface area contributed by atoms with Gasteiger partial charge in [-0.15, -0.1) is 16.8 Å². The van der Waals surface area contributed by atoms with Gasteiger partial charge in [0.25, 0.3) is 0 Å². The Morgan fingerprint density at radius 1 is 1.25 bits per heavy atom. The van der Waals surface area contributed by atoms with Crippen LogP contribution in [0.15, 0.2) is 70.8 Å². The summed E-state index contributed by atoms with van der Waals surface area (Å²) in [5.74, 6) is 1.90. The van der Waals surface area contributed by atoms with Crippen molar-refractivity contribution in [3.8, 4) is 17.3 Å². The molecule has 8 heteroatoms. The number of fused-ring (bicyclic) bond motifs is 1. The van der Waals surface area contributed by atoms with Crippen LogP contribution in [-0.2, 0) is 17.8 Å². The van der Waals surface area contributed by atoms with E-state index in [1.165, 1.54) is 17.3 Å². The highest BCUT2D eigenvalue weighted by molar-refractivity contribution is 7.99.